The molecule has 0 saturated heterocycles. The van der Waals surface area contributed by atoms with Gasteiger partial charge in [0.15, 0.2) is 0 Å². The van der Waals surface area contributed by atoms with Gasteiger partial charge in [0.2, 0.25) is 0 Å². The van der Waals surface area contributed by atoms with Crippen molar-refractivity contribution < 1.29 is 9.53 Å². The Labute approximate surface area is 94.6 Å². The number of nitriles is 1. The Morgan fingerprint density at radius 2 is 2.19 bits per heavy atom. The fourth-order valence-electron chi connectivity index (χ4n) is 1.88. The summed E-state index contributed by atoms with van der Waals surface area (Å²) in [5, 5.41) is 8.67. The van der Waals surface area contributed by atoms with Crippen LogP contribution in [0, 0.1) is 17.2 Å². The first kappa shape index (κ1) is 10.7. The lowest BCUT2D eigenvalue weighted by molar-refractivity contribution is -0.144. The van der Waals surface area contributed by atoms with Crippen LogP contribution in [-0.4, -0.2) is 12.6 Å². The van der Waals surface area contributed by atoms with Gasteiger partial charge in [-0.25, -0.2) is 0 Å². The zero-order chi connectivity index (χ0) is 11.5. The molecule has 0 aromatic heterocycles. The molecular weight excluding hydrogens is 202 g/mol. The van der Waals surface area contributed by atoms with Crippen molar-refractivity contribution in [3.63, 3.8) is 0 Å². The molecule has 0 amide bonds. The number of hydrogen-bond acceptors (Lipinski definition) is 3. The second-order valence-corrected chi connectivity index (χ2v) is 3.93. The summed E-state index contributed by atoms with van der Waals surface area (Å²) >= 11 is 0. The second-order valence-electron chi connectivity index (χ2n) is 3.93. The fourth-order valence-corrected chi connectivity index (χ4v) is 1.88. The molecule has 0 spiro atoms. The predicted molar refractivity (Wildman–Crippen MR) is 58.6 cm³/mol. The van der Waals surface area contributed by atoms with Gasteiger partial charge in [-0.2, -0.15) is 5.26 Å². The van der Waals surface area contributed by atoms with Gasteiger partial charge in [-0.3, -0.25) is 4.79 Å². The number of hydrogen-bond donors (Lipinski definition) is 0. The van der Waals surface area contributed by atoms with E-state index in [0.29, 0.717) is 12.2 Å². The summed E-state index contributed by atoms with van der Waals surface area (Å²) < 4.78 is 4.97. The maximum atomic E-state index is 11.4. The van der Waals surface area contributed by atoms with Crippen molar-refractivity contribution in [2.45, 2.75) is 19.3 Å². The maximum Gasteiger partial charge on any atom is 0.309 e. The monoisotopic (exact) mass is 215 g/mol. The van der Waals surface area contributed by atoms with E-state index < -0.39 is 0 Å². The molecule has 1 fully saturated rings. The molecule has 2 unspecified atom stereocenters. The van der Waals surface area contributed by atoms with E-state index in [1.54, 1.807) is 12.1 Å². The zero-order valence-electron chi connectivity index (χ0n) is 9.14. The van der Waals surface area contributed by atoms with E-state index in [9.17, 15) is 4.79 Å². The van der Waals surface area contributed by atoms with Gasteiger partial charge < -0.3 is 4.74 Å². The van der Waals surface area contributed by atoms with Crippen molar-refractivity contribution in [1.29, 1.82) is 5.26 Å². The zero-order valence-corrected chi connectivity index (χ0v) is 9.14. The highest BCUT2D eigenvalue weighted by atomic mass is 16.5. The van der Waals surface area contributed by atoms with Gasteiger partial charge in [0, 0.05) is 0 Å². The average molecular weight is 215 g/mol. The van der Waals surface area contributed by atoms with Crippen LogP contribution < -0.4 is 0 Å². The van der Waals surface area contributed by atoms with Crippen molar-refractivity contribution >= 4 is 5.97 Å². The molecule has 2 rings (SSSR count). The molecule has 16 heavy (non-hydrogen) atoms. The quantitative estimate of drug-likeness (QED) is 0.726. The third kappa shape index (κ3) is 2.06. The first-order valence-electron chi connectivity index (χ1n) is 5.43. The number of nitrogens with zero attached hydrogens (tertiary/aromatic N) is 1. The summed E-state index contributed by atoms with van der Waals surface area (Å²) in [6.45, 7) is 2.26. The Morgan fingerprint density at radius 1 is 1.50 bits per heavy atom. The van der Waals surface area contributed by atoms with Gasteiger partial charge in [-0.1, -0.05) is 12.1 Å². The molecule has 0 N–H and O–H groups in total. The van der Waals surface area contributed by atoms with Gasteiger partial charge in [0.25, 0.3) is 0 Å². The van der Waals surface area contributed by atoms with Gasteiger partial charge in [0.05, 0.1) is 24.2 Å². The topological polar surface area (TPSA) is 50.1 Å². The summed E-state index contributed by atoms with van der Waals surface area (Å²) in [6.07, 6.45) is 0.866. The lowest BCUT2D eigenvalue weighted by atomic mass is 10.1. The highest BCUT2D eigenvalue weighted by Crippen LogP contribution is 2.48. The fraction of sp³-hybridized carbons (Fsp3) is 0.385. The molecule has 0 heterocycles. The summed E-state index contributed by atoms with van der Waals surface area (Å²) in [6, 6.07) is 9.49. The van der Waals surface area contributed by atoms with Crippen molar-refractivity contribution in [1.82, 2.24) is 0 Å². The minimum absolute atomic E-state index is 0.0212. The molecule has 82 valence electrons. The highest BCUT2D eigenvalue weighted by Gasteiger charge is 2.44. The molecule has 3 nitrogen and oxygen atoms in total. The Morgan fingerprint density at radius 3 is 2.75 bits per heavy atom. The molecule has 1 saturated carbocycles. The molecular formula is C13H13NO2. The Balaban J connectivity index is 2.01. The summed E-state index contributed by atoms with van der Waals surface area (Å²) in [5.74, 6) is 0.205. The van der Waals surface area contributed by atoms with E-state index in [1.165, 1.54) is 0 Å². The third-order valence-corrected chi connectivity index (χ3v) is 2.85. The maximum absolute atomic E-state index is 11.4. The Kier molecular flexibility index (Phi) is 2.91. The van der Waals surface area contributed by atoms with Crippen LogP contribution in [0.2, 0.25) is 0 Å². The minimum atomic E-state index is -0.100. The van der Waals surface area contributed by atoms with E-state index in [-0.39, 0.29) is 17.8 Å². The van der Waals surface area contributed by atoms with Crippen molar-refractivity contribution in [2.24, 2.45) is 5.92 Å². The first-order valence-corrected chi connectivity index (χ1v) is 5.43. The molecule has 2 atom stereocenters. The van der Waals surface area contributed by atoms with E-state index >= 15 is 0 Å². The Bertz CT molecular complexity index is 430. The van der Waals surface area contributed by atoms with Crippen LogP contribution in [0.25, 0.3) is 0 Å². The summed E-state index contributed by atoms with van der Waals surface area (Å²) in [4.78, 5) is 11.4. The van der Waals surface area contributed by atoms with Gasteiger partial charge >= 0.3 is 5.97 Å². The van der Waals surface area contributed by atoms with Crippen molar-refractivity contribution in [2.75, 3.05) is 6.61 Å². The third-order valence-electron chi connectivity index (χ3n) is 2.85. The molecule has 1 aromatic rings. The van der Waals surface area contributed by atoms with E-state index in [0.717, 1.165) is 12.0 Å². The van der Waals surface area contributed by atoms with Crippen LogP contribution >= 0.6 is 0 Å². The highest BCUT2D eigenvalue weighted by molar-refractivity contribution is 5.77. The number of carbonyl (C=O) groups excluding carboxylic acids is 1. The molecule has 0 aliphatic heterocycles. The van der Waals surface area contributed by atoms with Crippen molar-refractivity contribution in [3.8, 4) is 6.07 Å². The van der Waals surface area contributed by atoms with Crippen LogP contribution in [0.5, 0.6) is 0 Å². The number of carbonyl (C=O) groups is 1. The normalized spacial score (nSPS) is 22.2. The lowest BCUT2D eigenvalue weighted by Crippen LogP contribution is -2.07. The van der Waals surface area contributed by atoms with Crippen LogP contribution in [-0.2, 0) is 9.53 Å². The summed E-state index contributed by atoms with van der Waals surface area (Å²) in [7, 11) is 0. The molecule has 1 aliphatic rings. The van der Waals surface area contributed by atoms with Crippen LogP contribution in [0.15, 0.2) is 24.3 Å². The number of benzene rings is 1. The molecule has 1 aromatic carbocycles. The first-order chi connectivity index (χ1) is 7.76. The Hall–Kier alpha value is -1.82. The van der Waals surface area contributed by atoms with E-state index in [4.69, 9.17) is 10.00 Å². The smallest absolute Gasteiger partial charge is 0.309 e. The number of esters is 1. The number of rotatable bonds is 3. The van der Waals surface area contributed by atoms with Gasteiger partial charge in [-0.05, 0) is 37.0 Å². The van der Waals surface area contributed by atoms with Crippen LogP contribution in [0.1, 0.15) is 30.4 Å². The van der Waals surface area contributed by atoms with E-state index in [1.807, 2.05) is 19.1 Å². The van der Waals surface area contributed by atoms with Crippen LogP contribution in [0.3, 0.4) is 0 Å². The van der Waals surface area contributed by atoms with Crippen LogP contribution in [0.4, 0.5) is 0 Å². The van der Waals surface area contributed by atoms with Gasteiger partial charge in [0.1, 0.15) is 0 Å². The molecule has 1 aliphatic carbocycles. The largest absolute Gasteiger partial charge is 0.466 e. The lowest BCUT2D eigenvalue weighted by Gasteiger charge is -2.01. The SMILES string of the molecule is CCOC(=O)C1CC1c1ccc(C#N)cc1. The minimum Gasteiger partial charge on any atom is -0.466 e. The molecule has 0 radical (unpaired) electrons. The van der Waals surface area contributed by atoms with E-state index in [2.05, 4.69) is 6.07 Å². The van der Waals surface area contributed by atoms with Gasteiger partial charge in [-0.15, -0.1) is 0 Å². The standard InChI is InChI=1S/C13H13NO2/c1-2-16-13(15)12-7-11(12)10-5-3-9(8-14)4-6-10/h3-6,11-12H,2,7H2,1H3. The number of ether oxygens (including phenoxy) is 1. The predicted octanol–water partition coefficient (Wildman–Crippen LogP) is 2.22. The molecule has 0 bridgehead atoms. The summed E-state index contributed by atoms with van der Waals surface area (Å²) in [5.41, 5.74) is 1.77. The second kappa shape index (κ2) is 4.36. The van der Waals surface area contributed by atoms with Crippen molar-refractivity contribution in [3.05, 3.63) is 35.4 Å². The molecule has 3 heteroatoms. The average Bonchev–Trinajstić information content (AvgIpc) is 3.09.